The third kappa shape index (κ3) is 3.25. The third-order valence-electron chi connectivity index (χ3n) is 3.50. The van der Waals surface area contributed by atoms with Crippen LogP contribution < -0.4 is 5.32 Å². The molecule has 7 heteroatoms. The van der Waals surface area contributed by atoms with E-state index in [0.29, 0.717) is 31.3 Å². The van der Waals surface area contributed by atoms with Crippen LogP contribution in [0.1, 0.15) is 24.5 Å². The molecule has 0 aliphatic carbocycles. The Hall–Kier alpha value is -2.41. The fourth-order valence-electron chi connectivity index (χ4n) is 2.37. The number of anilines is 2. The standard InChI is InChI=1S/C15H18N4O3/c1-10-8-15(18-22-10)17-14-5-3-4-12(16-14)13-9-19(11(2)20)6-7-21-13/h3-5,8,13H,6-7,9H2,1-2H3,(H,16,17,18). The molecule has 0 spiro atoms. The van der Waals surface area contributed by atoms with E-state index in [1.165, 1.54) is 0 Å². The van der Waals surface area contributed by atoms with Crippen molar-refractivity contribution in [3.8, 4) is 0 Å². The second-order valence-corrected chi connectivity index (χ2v) is 5.22. The van der Waals surface area contributed by atoms with Crippen LogP contribution in [0, 0.1) is 6.92 Å². The molecule has 1 saturated heterocycles. The normalized spacial score (nSPS) is 18.3. The molecule has 1 N–H and O–H groups in total. The van der Waals surface area contributed by atoms with Crippen LogP contribution in [-0.4, -0.2) is 40.6 Å². The van der Waals surface area contributed by atoms with Crippen LogP contribution in [0.5, 0.6) is 0 Å². The summed E-state index contributed by atoms with van der Waals surface area (Å²) in [7, 11) is 0. The monoisotopic (exact) mass is 302 g/mol. The topological polar surface area (TPSA) is 80.5 Å². The van der Waals surface area contributed by atoms with Crippen molar-refractivity contribution in [2.24, 2.45) is 0 Å². The first-order valence-corrected chi connectivity index (χ1v) is 7.16. The molecule has 1 amide bonds. The van der Waals surface area contributed by atoms with Crippen molar-refractivity contribution in [1.82, 2.24) is 15.0 Å². The summed E-state index contributed by atoms with van der Waals surface area (Å²) in [5.74, 6) is 2.05. The molecule has 22 heavy (non-hydrogen) atoms. The van der Waals surface area contributed by atoms with Crippen molar-refractivity contribution in [3.05, 3.63) is 35.7 Å². The van der Waals surface area contributed by atoms with Gasteiger partial charge in [-0.05, 0) is 19.1 Å². The number of carbonyl (C=O) groups is 1. The van der Waals surface area contributed by atoms with Crippen molar-refractivity contribution in [3.63, 3.8) is 0 Å². The molecule has 0 saturated carbocycles. The van der Waals surface area contributed by atoms with Crippen molar-refractivity contribution in [2.75, 3.05) is 25.0 Å². The maximum absolute atomic E-state index is 11.5. The summed E-state index contributed by atoms with van der Waals surface area (Å²) < 4.78 is 10.7. The number of rotatable bonds is 3. The summed E-state index contributed by atoms with van der Waals surface area (Å²) in [5.41, 5.74) is 0.788. The minimum atomic E-state index is -0.210. The van der Waals surface area contributed by atoms with Gasteiger partial charge in [0.05, 0.1) is 18.8 Å². The van der Waals surface area contributed by atoms with E-state index in [9.17, 15) is 4.79 Å². The molecular weight excluding hydrogens is 284 g/mol. The van der Waals surface area contributed by atoms with Crippen LogP contribution in [0.4, 0.5) is 11.6 Å². The Labute approximate surface area is 128 Å². The van der Waals surface area contributed by atoms with Gasteiger partial charge in [0.1, 0.15) is 17.7 Å². The summed E-state index contributed by atoms with van der Waals surface area (Å²) in [4.78, 5) is 17.8. The molecule has 116 valence electrons. The molecule has 1 aliphatic heterocycles. The molecular formula is C15H18N4O3. The molecule has 0 bridgehead atoms. The molecule has 7 nitrogen and oxygen atoms in total. The molecule has 3 rings (SSSR count). The molecule has 1 unspecified atom stereocenters. The number of aryl methyl sites for hydroxylation is 1. The van der Waals surface area contributed by atoms with Gasteiger partial charge >= 0.3 is 0 Å². The zero-order chi connectivity index (χ0) is 15.5. The smallest absolute Gasteiger partial charge is 0.219 e. The van der Waals surface area contributed by atoms with Gasteiger partial charge < -0.3 is 19.5 Å². The molecule has 2 aromatic heterocycles. The highest BCUT2D eigenvalue weighted by atomic mass is 16.5. The van der Waals surface area contributed by atoms with Crippen LogP contribution in [0.3, 0.4) is 0 Å². The molecule has 2 aromatic rings. The van der Waals surface area contributed by atoms with Gasteiger partial charge in [-0.15, -0.1) is 0 Å². The molecule has 1 aliphatic rings. The fraction of sp³-hybridized carbons (Fsp3) is 0.400. The van der Waals surface area contributed by atoms with Gasteiger partial charge in [-0.3, -0.25) is 4.79 Å². The van der Waals surface area contributed by atoms with Crippen LogP contribution in [0.2, 0.25) is 0 Å². The average molecular weight is 302 g/mol. The molecule has 1 fully saturated rings. The second-order valence-electron chi connectivity index (χ2n) is 5.22. The lowest BCUT2D eigenvalue weighted by Gasteiger charge is -2.32. The Balaban J connectivity index is 1.74. The third-order valence-corrected chi connectivity index (χ3v) is 3.50. The van der Waals surface area contributed by atoms with Gasteiger partial charge in [-0.2, -0.15) is 0 Å². The zero-order valence-corrected chi connectivity index (χ0v) is 12.6. The number of pyridine rings is 1. The number of amides is 1. The molecule has 0 aromatic carbocycles. The average Bonchev–Trinajstić information content (AvgIpc) is 2.93. The van der Waals surface area contributed by atoms with Gasteiger partial charge in [0.15, 0.2) is 5.82 Å². The maximum Gasteiger partial charge on any atom is 0.219 e. The largest absolute Gasteiger partial charge is 0.368 e. The minimum Gasteiger partial charge on any atom is -0.368 e. The van der Waals surface area contributed by atoms with Crippen LogP contribution >= 0.6 is 0 Å². The number of carbonyl (C=O) groups excluding carboxylic acids is 1. The lowest BCUT2D eigenvalue weighted by atomic mass is 10.2. The van der Waals surface area contributed by atoms with Crippen LogP contribution in [0.25, 0.3) is 0 Å². The molecule has 3 heterocycles. The van der Waals surface area contributed by atoms with E-state index in [1.54, 1.807) is 17.9 Å². The van der Waals surface area contributed by atoms with E-state index in [4.69, 9.17) is 9.26 Å². The number of nitrogens with one attached hydrogen (secondary N) is 1. The Bertz CT molecular complexity index is 670. The molecule has 1 atom stereocenters. The van der Waals surface area contributed by atoms with E-state index in [-0.39, 0.29) is 12.0 Å². The summed E-state index contributed by atoms with van der Waals surface area (Å²) in [5, 5.41) is 6.96. The first kappa shape index (κ1) is 14.5. The van der Waals surface area contributed by atoms with Crippen molar-refractivity contribution in [1.29, 1.82) is 0 Å². The molecule has 0 radical (unpaired) electrons. The summed E-state index contributed by atoms with van der Waals surface area (Å²) in [6.45, 7) is 5.07. The predicted octanol–water partition coefficient (Wildman–Crippen LogP) is 2.04. The number of nitrogens with zero attached hydrogens (tertiary/aromatic N) is 3. The van der Waals surface area contributed by atoms with E-state index in [2.05, 4.69) is 15.5 Å². The lowest BCUT2D eigenvalue weighted by Crippen LogP contribution is -2.41. The summed E-state index contributed by atoms with van der Waals surface area (Å²) in [6.07, 6.45) is -0.210. The Morgan fingerprint density at radius 2 is 2.27 bits per heavy atom. The first-order valence-electron chi connectivity index (χ1n) is 7.16. The number of hydrogen-bond donors (Lipinski definition) is 1. The number of hydrogen-bond acceptors (Lipinski definition) is 6. The van der Waals surface area contributed by atoms with Crippen molar-refractivity contribution >= 4 is 17.5 Å². The van der Waals surface area contributed by atoms with Crippen molar-refractivity contribution in [2.45, 2.75) is 20.0 Å². The first-order chi connectivity index (χ1) is 10.6. The van der Waals surface area contributed by atoms with E-state index in [1.807, 2.05) is 25.1 Å². The van der Waals surface area contributed by atoms with E-state index in [0.717, 1.165) is 11.5 Å². The van der Waals surface area contributed by atoms with E-state index >= 15 is 0 Å². The van der Waals surface area contributed by atoms with Gasteiger partial charge in [0.2, 0.25) is 5.91 Å². The summed E-state index contributed by atoms with van der Waals surface area (Å²) in [6, 6.07) is 7.43. The van der Waals surface area contributed by atoms with Crippen LogP contribution in [-0.2, 0) is 9.53 Å². The SMILES string of the molecule is CC(=O)N1CCOC(c2cccc(Nc3cc(C)on3)n2)C1. The number of aromatic nitrogens is 2. The minimum absolute atomic E-state index is 0.0562. The number of ether oxygens (including phenoxy) is 1. The predicted molar refractivity (Wildman–Crippen MR) is 79.7 cm³/mol. The summed E-state index contributed by atoms with van der Waals surface area (Å²) >= 11 is 0. The van der Waals surface area contributed by atoms with Gasteiger partial charge in [0, 0.05) is 19.5 Å². The Morgan fingerprint density at radius 3 is 3.00 bits per heavy atom. The highest BCUT2D eigenvalue weighted by Crippen LogP contribution is 2.23. The quantitative estimate of drug-likeness (QED) is 0.934. The second kappa shape index (κ2) is 6.15. The Kier molecular flexibility index (Phi) is 4.06. The Morgan fingerprint density at radius 1 is 1.41 bits per heavy atom. The highest BCUT2D eigenvalue weighted by Gasteiger charge is 2.24. The highest BCUT2D eigenvalue weighted by molar-refractivity contribution is 5.73. The zero-order valence-electron chi connectivity index (χ0n) is 12.6. The van der Waals surface area contributed by atoms with E-state index < -0.39 is 0 Å². The van der Waals surface area contributed by atoms with Crippen LogP contribution in [0.15, 0.2) is 28.8 Å². The lowest BCUT2D eigenvalue weighted by molar-refractivity contribution is -0.136. The number of morpholine rings is 1. The van der Waals surface area contributed by atoms with Gasteiger partial charge in [-0.1, -0.05) is 11.2 Å². The fourth-order valence-corrected chi connectivity index (χ4v) is 2.37. The van der Waals surface area contributed by atoms with Gasteiger partial charge in [-0.25, -0.2) is 4.98 Å². The van der Waals surface area contributed by atoms with Crippen molar-refractivity contribution < 1.29 is 14.1 Å². The maximum atomic E-state index is 11.5. The van der Waals surface area contributed by atoms with Gasteiger partial charge in [0.25, 0.3) is 0 Å².